The Morgan fingerprint density at radius 1 is 0.943 bits per heavy atom. The van der Waals surface area contributed by atoms with Gasteiger partial charge in [0.15, 0.2) is 0 Å². The largest absolute Gasteiger partial charge is 0.363 e. The zero-order valence-corrected chi connectivity index (χ0v) is 18.9. The van der Waals surface area contributed by atoms with Crippen LogP contribution in [0.4, 0.5) is 4.39 Å². The highest BCUT2D eigenvalue weighted by molar-refractivity contribution is 6.38. The number of benzene rings is 3. The fraction of sp³-hybridized carbons (Fsp3) is 0.111. The van der Waals surface area contributed by atoms with Crippen molar-refractivity contribution < 1.29 is 18.8 Å². The molecule has 1 aromatic heterocycles. The number of halogens is 1. The zero-order chi connectivity index (χ0) is 24.9. The van der Waals surface area contributed by atoms with Crippen molar-refractivity contribution in [1.82, 2.24) is 15.1 Å². The predicted octanol–water partition coefficient (Wildman–Crippen LogP) is 3.38. The molecule has 8 heteroatoms. The van der Waals surface area contributed by atoms with Crippen LogP contribution in [0.2, 0.25) is 0 Å². The molecule has 35 heavy (non-hydrogen) atoms. The average molecular weight is 471 g/mol. The maximum atomic E-state index is 13.3. The molecular weight excluding hydrogens is 447 g/mol. The van der Waals surface area contributed by atoms with Crippen LogP contribution in [0.25, 0.3) is 16.8 Å². The summed E-state index contributed by atoms with van der Waals surface area (Å²) in [7, 11) is 0. The Labute approximate surface area is 201 Å². The van der Waals surface area contributed by atoms with E-state index in [9.17, 15) is 18.8 Å². The molecule has 1 unspecified atom stereocenters. The molecule has 1 heterocycles. The van der Waals surface area contributed by atoms with Gasteiger partial charge in [0.25, 0.3) is 11.8 Å². The van der Waals surface area contributed by atoms with Gasteiger partial charge >= 0.3 is 0 Å². The molecule has 0 saturated heterocycles. The van der Waals surface area contributed by atoms with Gasteiger partial charge in [-0.1, -0.05) is 54.6 Å². The number of nitrogens with one attached hydrogen (secondary N) is 1. The summed E-state index contributed by atoms with van der Waals surface area (Å²) in [6.07, 6.45) is 0.113. The van der Waals surface area contributed by atoms with E-state index in [1.54, 1.807) is 55.5 Å². The molecule has 3 N–H and O–H groups in total. The molecule has 176 valence electrons. The first kappa shape index (κ1) is 23.6. The van der Waals surface area contributed by atoms with Gasteiger partial charge in [0.1, 0.15) is 17.6 Å². The van der Waals surface area contributed by atoms with Crippen LogP contribution in [0.15, 0.2) is 84.9 Å². The molecule has 3 aromatic carbocycles. The Balaban J connectivity index is 1.64. The number of rotatable bonds is 8. The number of carbonyl (C=O) groups is 3. The third-order valence-corrected chi connectivity index (χ3v) is 5.48. The van der Waals surface area contributed by atoms with Crippen LogP contribution in [0.5, 0.6) is 0 Å². The molecule has 0 aliphatic rings. The van der Waals surface area contributed by atoms with Gasteiger partial charge in [0.05, 0.1) is 11.4 Å². The van der Waals surface area contributed by atoms with Crippen molar-refractivity contribution >= 4 is 17.6 Å². The van der Waals surface area contributed by atoms with Crippen molar-refractivity contribution in [2.24, 2.45) is 5.73 Å². The normalized spacial score (nSPS) is 11.6. The number of primary amides is 1. The molecule has 4 aromatic rings. The SMILES string of the molecule is Cc1cc(C(=O)NC(Cc2ccccc2)C(=O)C(N)=O)n(-c2cccc(-c3ccc(F)cc3)c2)n1. The van der Waals surface area contributed by atoms with Gasteiger partial charge < -0.3 is 11.1 Å². The van der Waals surface area contributed by atoms with Crippen LogP contribution in [0, 0.1) is 12.7 Å². The van der Waals surface area contributed by atoms with Gasteiger partial charge in [-0.2, -0.15) is 5.10 Å². The fourth-order valence-electron chi connectivity index (χ4n) is 3.78. The van der Waals surface area contributed by atoms with Gasteiger partial charge in [0, 0.05) is 6.42 Å². The van der Waals surface area contributed by atoms with Crippen molar-refractivity contribution in [2.75, 3.05) is 0 Å². The van der Waals surface area contributed by atoms with Gasteiger partial charge in [0.2, 0.25) is 5.78 Å². The summed E-state index contributed by atoms with van der Waals surface area (Å²) in [4.78, 5) is 37.3. The van der Waals surface area contributed by atoms with E-state index in [1.807, 2.05) is 24.3 Å². The lowest BCUT2D eigenvalue weighted by molar-refractivity contribution is -0.137. The molecule has 0 bridgehead atoms. The summed E-state index contributed by atoms with van der Waals surface area (Å²) in [6, 6.07) is 22.9. The second-order valence-electron chi connectivity index (χ2n) is 8.08. The van der Waals surface area contributed by atoms with Crippen molar-refractivity contribution in [2.45, 2.75) is 19.4 Å². The lowest BCUT2D eigenvalue weighted by Crippen LogP contribution is -2.47. The highest BCUT2D eigenvalue weighted by Crippen LogP contribution is 2.23. The van der Waals surface area contributed by atoms with Crippen LogP contribution < -0.4 is 11.1 Å². The molecule has 0 saturated carbocycles. The zero-order valence-electron chi connectivity index (χ0n) is 18.9. The Bertz CT molecular complexity index is 1380. The Morgan fingerprint density at radius 3 is 2.34 bits per heavy atom. The number of Topliss-reactive ketones (excluding diaryl/α,β-unsaturated/α-hetero) is 1. The number of aryl methyl sites for hydroxylation is 1. The topological polar surface area (TPSA) is 107 Å². The van der Waals surface area contributed by atoms with Gasteiger partial charge in [-0.15, -0.1) is 0 Å². The fourth-order valence-corrected chi connectivity index (χ4v) is 3.78. The van der Waals surface area contributed by atoms with Gasteiger partial charge in [-0.25, -0.2) is 9.07 Å². The van der Waals surface area contributed by atoms with E-state index in [4.69, 9.17) is 5.73 Å². The molecule has 7 nitrogen and oxygen atoms in total. The average Bonchev–Trinajstić information content (AvgIpc) is 3.26. The predicted molar refractivity (Wildman–Crippen MR) is 129 cm³/mol. The van der Waals surface area contributed by atoms with E-state index in [0.29, 0.717) is 11.4 Å². The number of amides is 2. The minimum Gasteiger partial charge on any atom is -0.363 e. The van der Waals surface area contributed by atoms with Gasteiger partial charge in [-0.3, -0.25) is 14.4 Å². The highest BCUT2D eigenvalue weighted by atomic mass is 19.1. The molecule has 4 rings (SSSR count). The number of hydrogen-bond acceptors (Lipinski definition) is 4. The van der Waals surface area contributed by atoms with Crippen molar-refractivity contribution in [3.8, 4) is 16.8 Å². The van der Waals surface area contributed by atoms with Gasteiger partial charge in [-0.05, 0) is 53.9 Å². The molecule has 1 atom stereocenters. The Hall–Kier alpha value is -4.59. The summed E-state index contributed by atoms with van der Waals surface area (Å²) in [5.41, 5.74) is 8.99. The molecular formula is C27H23FN4O3. The second kappa shape index (κ2) is 10.1. The van der Waals surface area contributed by atoms with E-state index >= 15 is 0 Å². The van der Waals surface area contributed by atoms with Crippen LogP contribution in [-0.2, 0) is 16.0 Å². The van der Waals surface area contributed by atoms with E-state index in [1.165, 1.54) is 16.8 Å². The number of hydrogen-bond donors (Lipinski definition) is 2. The first-order valence-corrected chi connectivity index (χ1v) is 10.9. The van der Waals surface area contributed by atoms with E-state index < -0.39 is 23.6 Å². The van der Waals surface area contributed by atoms with E-state index in [-0.39, 0.29) is 17.9 Å². The molecule has 0 aliphatic carbocycles. The number of carbonyl (C=O) groups excluding carboxylic acids is 3. The maximum Gasteiger partial charge on any atom is 0.287 e. The number of nitrogens with zero attached hydrogens (tertiary/aromatic N) is 2. The lowest BCUT2D eigenvalue weighted by Gasteiger charge is -2.17. The number of nitrogens with two attached hydrogens (primary N) is 1. The summed E-state index contributed by atoms with van der Waals surface area (Å²) >= 11 is 0. The van der Waals surface area contributed by atoms with E-state index in [2.05, 4.69) is 10.4 Å². The van der Waals surface area contributed by atoms with E-state index in [0.717, 1.165) is 16.7 Å². The van der Waals surface area contributed by atoms with Crippen molar-refractivity contribution in [3.63, 3.8) is 0 Å². The Morgan fingerprint density at radius 2 is 1.66 bits per heavy atom. The van der Waals surface area contributed by atoms with Crippen molar-refractivity contribution in [3.05, 3.63) is 108 Å². The maximum absolute atomic E-state index is 13.3. The van der Waals surface area contributed by atoms with Crippen LogP contribution >= 0.6 is 0 Å². The minimum atomic E-state index is -1.13. The van der Waals surface area contributed by atoms with Crippen LogP contribution in [0.3, 0.4) is 0 Å². The smallest absolute Gasteiger partial charge is 0.287 e. The first-order chi connectivity index (χ1) is 16.8. The number of aromatic nitrogens is 2. The lowest BCUT2D eigenvalue weighted by atomic mass is 10.0. The third-order valence-electron chi connectivity index (χ3n) is 5.48. The molecule has 0 aliphatic heterocycles. The summed E-state index contributed by atoms with van der Waals surface area (Å²) in [6.45, 7) is 1.74. The molecule has 0 radical (unpaired) electrons. The monoisotopic (exact) mass is 470 g/mol. The Kier molecular flexibility index (Phi) is 6.82. The molecule has 0 fully saturated rings. The summed E-state index contributed by atoms with van der Waals surface area (Å²) in [5.74, 6) is -2.92. The van der Waals surface area contributed by atoms with Crippen LogP contribution in [0.1, 0.15) is 21.7 Å². The third kappa shape index (κ3) is 5.50. The summed E-state index contributed by atoms with van der Waals surface area (Å²) < 4.78 is 14.8. The molecule has 0 spiro atoms. The standard InChI is InChI=1S/C27H23FN4O3/c1-17-14-24(27(35)30-23(25(33)26(29)34)15-18-6-3-2-4-7-18)32(31-17)22-9-5-8-20(16-22)19-10-12-21(28)13-11-19/h2-14,16,23H,15H2,1H3,(H2,29,34)(H,30,35). The highest BCUT2D eigenvalue weighted by Gasteiger charge is 2.27. The minimum absolute atomic E-state index is 0.113. The quantitative estimate of drug-likeness (QED) is 0.385. The summed E-state index contributed by atoms with van der Waals surface area (Å²) in [5, 5.41) is 7.09. The molecule has 2 amide bonds. The second-order valence-corrected chi connectivity index (χ2v) is 8.08. The first-order valence-electron chi connectivity index (χ1n) is 10.9. The number of ketones is 1. The van der Waals surface area contributed by atoms with Crippen molar-refractivity contribution in [1.29, 1.82) is 0 Å². The van der Waals surface area contributed by atoms with Crippen LogP contribution in [-0.4, -0.2) is 33.4 Å².